The SMILES string of the molecule is CCC(CC)NS(=O)(=O)c1cc(CN)c(OC)c(OC)c1. The van der Waals surface area contributed by atoms with Crippen LogP contribution in [0.15, 0.2) is 17.0 Å². The van der Waals surface area contributed by atoms with Crippen molar-refractivity contribution in [3.05, 3.63) is 17.7 Å². The average Bonchev–Trinajstić information content (AvgIpc) is 2.50. The Labute approximate surface area is 126 Å². The van der Waals surface area contributed by atoms with Gasteiger partial charge >= 0.3 is 0 Å². The van der Waals surface area contributed by atoms with Crippen LogP contribution in [0.25, 0.3) is 0 Å². The predicted molar refractivity (Wildman–Crippen MR) is 82.1 cm³/mol. The Hall–Kier alpha value is -1.31. The minimum Gasteiger partial charge on any atom is -0.493 e. The number of nitrogens with two attached hydrogens (primary N) is 1. The number of sulfonamides is 1. The first-order valence-corrected chi connectivity index (χ1v) is 8.39. The highest BCUT2D eigenvalue weighted by Crippen LogP contribution is 2.34. The normalized spacial score (nSPS) is 11.7. The molecule has 0 heterocycles. The summed E-state index contributed by atoms with van der Waals surface area (Å²) in [7, 11) is -0.660. The second-order valence-electron chi connectivity index (χ2n) is 4.66. The summed E-state index contributed by atoms with van der Waals surface area (Å²) in [4.78, 5) is 0.132. The molecule has 0 aliphatic heterocycles. The summed E-state index contributed by atoms with van der Waals surface area (Å²) < 4.78 is 38.0. The van der Waals surface area contributed by atoms with Gasteiger partial charge in [0.2, 0.25) is 10.0 Å². The van der Waals surface area contributed by atoms with Crippen LogP contribution in [0.2, 0.25) is 0 Å². The van der Waals surface area contributed by atoms with E-state index in [1.165, 1.54) is 26.4 Å². The van der Waals surface area contributed by atoms with Crippen LogP contribution in [0.5, 0.6) is 11.5 Å². The Morgan fingerprint density at radius 3 is 2.24 bits per heavy atom. The van der Waals surface area contributed by atoms with E-state index in [0.717, 1.165) is 12.8 Å². The van der Waals surface area contributed by atoms with Crippen molar-refractivity contribution in [3.8, 4) is 11.5 Å². The van der Waals surface area contributed by atoms with Gasteiger partial charge < -0.3 is 15.2 Å². The van der Waals surface area contributed by atoms with E-state index in [1.54, 1.807) is 0 Å². The maximum atomic E-state index is 12.4. The van der Waals surface area contributed by atoms with Crippen molar-refractivity contribution in [1.29, 1.82) is 0 Å². The van der Waals surface area contributed by atoms with Gasteiger partial charge in [0.05, 0.1) is 19.1 Å². The lowest BCUT2D eigenvalue weighted by molar-refractivity contribution is 0.350. The molecule has 21 heavy (non-hydrogen) atoms. The van der Waals surface area contributed by atoms with E-state index in [2.05, 4.69) is 4.72 Å². The highest BCUT2D eigenvalue weighted by atomic mass is 32.2. The third kappa shape index (κ3) is 4.09. The minimum atomic E-state index is -3.61. The highest BCUT2D eigenvalue weighted by Gasteiger charge is 2.22. The van der Waals surface area contributed by atoms with Gasteiger partial charge in [-0.1, -0.05) is 13.8 Å². The summed E-state index contributed by atoms with van der Waals surface area (Å²) in [6.07, 6.45) is 1.46. The third-order valence-corrected chi connectivity index (χ3v) is 4.87. The van der Waals surface area contributed by atoms with E-state index >= 15 is 0 Å². The number of ether oxygens (including phenoxy) is 2. The smallest absolute Gasteiger partial charge is 0.240 e. The fraction of sp³-hybridized carbons (Fsp3) is 0.571. The Morgan fingerprint density at radius 1 is 1.19 bits per heavy atom. The van der Waals surface area contributed by atoms with Crippen LogP contribution in [0.3, 0.4) is 0 Å². The van der Waals surface area contributed by atoms with Gasteiger partial charge in [-0.2, -0.15) is 0 Å². The highest BCUT2D eigenvalue weighted by molar-refractivity contribution is 7.89. The van der Waals surface area contributed by atoms with Crippen LogP contribution >= 0.6 is 0 Å². The van der Waals surface area contributed by atoms with Gasteiger partial charge in [-0.3, -0.25) is 0 Å². The average molecular weight is 316 g/mol. The number of hydrogen-bond acceptors (Lipinski definition) is 5. The lowest BCUT2D eigenvalue weighted by Crippen LogP contribution is -2.33. The first-order chi connectivity index (χ1) is 9.93. The molecule has 6 nitrogen and oxygen atoms in total. The molecule has 0 aliphatic carbocycles. The van der Waals surface area contributed by atoms with Crippen molar-refractivity contribution < 1.29 is 17.9 Å². The van der Waals surface area contributed by atoms with Gasteiger partial charge in [-0.05, 0) is 18.9 Å². The molecule has 1 aromatic carbocycles. The predicted octanol–water partition coefficient (Wildman–Crippen LogP) is 1.63. The summed E-state index contributed by atoms with van der Waals surface area (Å²) in [6, 6.07) is 2.87. The topological polar surface area (TPSA) is 90.7 Å². The lowest BCUT2D eigenvalue weighted by Gasteiger charge is -2.18. The zero-order valence-electron chi connectivity index (χ0n) is 13.0. The third-order valence-electron chi connectivity index (χ3n) is 3.37. The number of methoxy groups -OCH3 is 2. The summed E-state index contributed by atoms with van der Waals surface area (Å²) in [5.74, 6) is 0.812. The quantitative estimate of drug-likeness (QED) is 0.760. The zero-order valence-corrected chi connectivity index (χ0v) is 13.8. The zero-order chi connectivity index (χ0) is 16.0. The van der Waals surface area contributed by atoms with Gasteiger partial charge in [-0.25, -0.2) is 13.1 Å². The maximum Gasteiger partial charge on any atom is 0.240 e. The molecule has 0 bridgehead atoms. The molecule has 1 rings (SSSR count). The fourth-order valence-electron chi connectivity index (χ4n) is 2.06. The summed E-state index contributed by atoms with van der Waals surface area (Å²) in [6.45, 7) is 4.04. The minimum absolute atomic E-state index is 0.0931. The van der Waals surface area contributed by atoms with E-state index in [0.29, 0.717) is 17.1 Å². The van der Waals surface area contributed by atoms with Crippen molar-refractivity contribution in [2.24, 2.45) is 5.73 Å². The van der Waals surface area contributed by atoms with Crippen molar-refractivity contribution in [2.45, 2.75) is 44.2 Å². The van der Waals surface area contributed by atoms with Gasteiger partial charge in [-0.15, -0.1) is 0 Å². The Balaban J connectivity index is 3.30. The molecule has 0 fully saturated rings. The van der Waals surface area contributed by atoms with E-state index in [-0.39, 0.29) is 17.5 Å². The van der Waals surface area contributed by atoms with E-state index < -0.39 is 10.0 Å². The molecule has 0 spiro atoms. The molecule has 120 valence electrons. The van der Waals surface area contributed by atoms with E-state index in [4.69, 9.17) is 15.2 Å². The molecule has 0 saturated heterocycles. The van der Waals surface area contributed by atoms with Crippen molar-refractivity contribution in [3.63, 3.8) is 0 Å². The first kappa shape index (κ1) is 17.7. The van der Waals surface area contributed by atoms with E-state index in [1.807, 2.05) is 13.8 Å². The summed E-state index contributed by atoms with van der Waals surface area (Å²) in [5, 5.41) is 0. The van der Waals surface area contributed by atoms with Crippen molar-refractivity contribution in [2.75, 3.05) is 14.2 Å². The van der Waals surface area contributed by atoms with Crippen LogP contribution < -0.4 is 19.9 Å². The fourth-order valence-corrected chi connectivity index (χ4v) is 3.53. The van der Waals surface area contributed by atoms with Crippen LogP contribution in [0, 0.1) is 0 Å². The van der Waals surface area contributed by atoms with E-state index in [9.17, 15) is 8.42 Å². The molecule has 0 atom stereocenters. The molecule has 0 amide bonds. The summed E-state index contributed by atoms with van der Waals surface area (Å²) in [5.41, 5.74) is 6.25. The Bertz CT molecular complexity index is 543. The number of hydrogen-bond donors (Lipinski definition) is 2. The molecule has 0 unspecified atom stereocenters. The molecule has 0 aliphatic rings. The standard InChI is InChI=1S/C14H24N2O4S/c1-5-11(6-2)16-21(17,18)12-7-10(9-15)14(20-4)13(8-12)19-3/h7-8,11,16H,5-6,9,15H2,1-4H3. The van der Waals surface area contributed by atoms with Crippen LogP contribution in [-0.4, -0.2) is 28.7 Å². The molecule has 0 radical (unpaired) electrons. The second kappa shape index (κ2) is 7.63. The Kier molecular flexibility index (Phi) is 6.44. The lowest BCUT2D eigenvalue weighted by atomic mass is 10.2. The van der Waals surface area contributed by atoms with Crippen LogP contribution in [-0.2, 0) is 16.6 Å². The van der Waals surface area contributed by atoms with Crippen LogP contribution in [0.4, 0.5) is 0 Å². The number of rotatable bonds is 8. The molecular formula is C14H24N2O4S. The molecular weight excluding hydrogens is 292 g/mol. The molecule has 1 aromatic rings. The molecule has 7 heteroatoms. The van der Waals surface area contributed by atoms with Crippen molar-refractivity contribution in [1.82, 2.24) is 4.72 Å². The monoisotopic (exact) mass is 316 g/mol. The summed E-state index contributed by atoms with van der Waals surface area (Å²) >= 11 is 0. The van der Waals surface area contributed by atoms with Crippen LogP contribution in [0.1, 0.15) is 32.3 Å². The molecule has 3 N–H and O–H groups in total. The Morgan fingerprint density at radius 2 is 1.81 bits per heavy atom. The number of nitrogens with one attached hydrogen (secondary N) is 1. The first-order valence-electron chi connectivity index (χ1n) is 6.90. The molecule has 0 aromatic heterocycles. The van der Waals surface area contributed by atoms with Gasteiger partial charge in [0, 0.05) is 24.2 Å². The molecule has 0 saturated carbocycles. The van der Waals surface area contributed by atoms with Gasteiger partial charge in [0.25, 0.3) is 0 Å². The number of benzene rings is 1. The van der Waals surface area contributed by atoms with Gasteiger partial charge in [0.1, 0.15) is 0 Å². The maximum absolute atomic E-state index is 12.4. The largest absolute Gasteiger partial charge is 0.493 e. The van der Waals surface area contributed by atoms with Crippen molar-refractivity contribution >= 4 is 10.0 Å². The van der Waals surface area contributed by atoms with Gasteiger partial charge in [0.15, 0.2) is 11.5 Å². The second-order valence-corrected chi connectivity index (χ2v) is 6.37.